The van der Waals surface area contributed by atoms with Gasteiger partial charge < -0.3 is 14.2 Å². The molecule has 1 aliphatic heterocycles. The van der Waals surface area contributed by atoms with E-state index in [1.807, 2.05) is 6.07 Å². The standard InChI is InChI=1S/C25H19FO6S/c1-30-23(15-6-4-3-5-7-15)25(28)32-20-13-17-12-18(26)9-11-21(17)33(29)22-14-16(24(27)31-2)8-10-19(20)22/h3-14,23H,1-2H3. The minimum Gasteiger partial charge on any atom is -0.465 e. The van der Waals surface area contributed by atoms with Crippen molar-refractivity contribution >= 4 is 34.6 Å². The highest BCUT2D eigenvalue weighted by molar-refractivity contribution is 7.85. The van der Waals surface area contributed by atoms with Gasteiger partial charge in [-0.3, -0.25) is 0 Å². The molecule has 0 bridgehead atoms. The molecule has 2 atom stereocenters. The highest BCUT2D eigenvalue weighted by Crippen LogP contribution is 2.36. The van der Waals surface area contributed by atoms with Crippen LogP contribution in [-0.4, -0.2) is 30.4 Å². The van der Waals surface area contributed by atoms with Gasteiger partial charge in [-0.1, -0.05) is 30.3 Å². The first-order valence-corrected chi connectivity index (χ1v) is 11.0. The van der Waals surface area contributed by atoms with Crippen molar-refractivity contribution in [3.8, 4) is 0 Å². The molecule has 0 spiro atoms. The Bertz CT molecular complexity index is 1290. The number of methoxy groups -OCH3 is 2. The molecule has 3 aromatic carbocycles. The lowest BCUT2D eigenvalue weighted by Crippen LogP contribution is -2.17. The summed E-state index contributed by atoms with van der Waals surface area (Å²) in [7, 11) is 0.849. The molecule has 8 heteroatoms. The number of carbonyl (C=O) groups excluding carboxylic acids is 2. The Kier molecular flexibility index (Phi) is 6.48. The van der Waals surface area contributed by atoms with Crippen molar-refractivity contribution < 1.29 is 32.4 Å². The van der Waals surface area contributed by atoms with E-state index in [1.165, 1.54) is 56.7 Å². The minimum absolute atomic E-state index is 0.0575. The largest absolute Gasteiger partial charge is 0.465 e. The van der Waals surface area contributed by atoms with Gasteiger partial charge in [0.1, 0.15) is 11.6 Å². The zero-order valence-electron chi connectivity index (χ0n) is 17.7. The van der Waals surface area contributed by atoms with Crippen molar-refractivity contribution in [3.63, 3.8) is 0 Å². The molecule has 1 aliphatic rings. The fourth-order valence-electron chi connectivity index (χ4n) is 3.51. The van der Waals surface area contributed by atoms with Crippen LogP contribution in [0.5, 0.6) is 0 Å². The van der Waals surface area contributed by atoms with Crippen LogP contribution < -0.4 is 0 Å². The lowest BCUT2D eigenvalue weighted by molar-refractivity contribution is -0.148. The number of benzene rings is 3. The third kappa shape index (κ3) is 4.48. The third-order valence-corrected chi connectivity index (χ3v) is 6.60. The maximum absolute atomic E-state index is 14.0. The van der Waals surface area contributed by atoms with E-state index in [0.29, 0.717) is 21.6 Å². The summed E-state index contributed by atoms with van der Waals surface area (Å²) < 4.78 is 43.2. The number of hydrogen-bond acceptors (Lipinski definition) is 6. The Morgan fingerprint density at radius 2 is 1.70 bits per heavy atom. The summed E-state index contributed by atoms with van der Waals surface area (Å²) in [5, 5.41) is 0. The molecule has 3 aromatic rings. The number of carbonyl (C=O) groups is 2. The van der Waals surface area contributed by atoms with Gasteiger partial charge in [-0.25, -0.2) is 18.2 Å². The molecule has 0 N–H and O–H groups in total. The molecular formula is C25H19FO6S. The molecule has 0 amide bonds. The predicted octanol–water partition coefficient (Wildman–Crippen LogP) is 4.52. The summed E-state index contributed by atoms with van der Waals surface area (Å²) in [6.07, 6.45) is 0.445. The predicted molar refractivity (Wildman–Crippen MR) is 119 cm³/mol. The first kappa shape index (κ1) is 22.6. The Morgan fingerprint density at radius 3 is 2.39 bits per heavy atom. The molecule has 168 valence electrons. The first-order valence-electron chi connectivity index (χ1n) is 9.88. The topological polar surface area (TPSA) is 78.9 Å². The van der Waals surface area contributed by atoms with E-state index in [-0.39, 0.29) is 16.2 Å². The van der Waals surface area contributed by atoms with Gasteiger partial charge in [0.15, 0.2) is 6.10 Å². The Morgan fingerprint density at radius 1 is 0.939 bits per heavy atom. The van der Waals surface area contributed by atoms with Crippen LogP contribution in [0.15, 0.2) is 76.5 Å². The number of esters is 2. The van der Waals surface area contributed by atoms with Gasteiger partial charge in [-0.05, 0) is 53.6 Å². The van der Waals surface area contributed by atoms with E-state index >= 15 is 0 Å². The summed E-state index contributed by atoms with van der Waals surface area (Å²) >= 11 is 0. The Labute approximate surface area is 192 Å². The van der Waals surface area contributed by atoms with E-state index in [9.17, 15) is 18.2 Å². The molecular weight excluding hydrogens is 447 g/mol. The van der Waals surface area contributed by atoms with Gasteiger partial charge >= 0.3 is 11.9 Å². The van der Waals surface area contributed by atoms with Crippen molar-refractivity contribution in [1.29, 1.82) is 0 Å². The highest BCUT2D eigenvalue weighted by atomic mass is 32.2. The van der Waals surface area contributed by atoms with E-state index in [4.69, 9.17) is 14.2 Å². The van der Waals surface area contributed by atoms with Gasteiger partial charge in [0.05, 0.1) is 33.3 Å². The molecule has 0 fully saturated rings. The Hall–Kier alpha value is -3.62. The monoisotopic (exact) mass is 466 g/mol. The van der Waals surface area contributed by atoms with Gasteiger partial charge in [-0.15, -0.1) is 0 Å². The van der Waals surface area contributed by atoms with Crippen molar-refractivity contribution in [3.05, 3.63) is 94.8 Å². The van der Waals surface area contributed by atoms with E-state index < -0.39 is 34.7 Å². The number of ether oxygens (including phenoxy) is 3. The average molecular weight is 466 g/mol. The smallest absolute Gasteiger partial charge is 0.345 e. The normalized spacial score (nSPS) is 15.4. The summed E-state index contributed by atoms with van der Waals surface area (Å²) in [6, 6.07) is 17.0. The molecule has 4 rings (SSSR count). The number of hydrogen-bond donors (Lipinski definition) is 0. The second-order valence-electron chi connectivity index (χ2n) is 7.11. The average Bonchev–Trinajstić information content (AvgIpc) is 2.93. The number of rotatable bonds is 5. The van der Waals surface area contributed by atoms with Crippen LogP contribution in [0.2, 0.25) is 0 Å². The van der Waals surface area contributed by atoms with Gasteiger partial charge in [0.25, 0.3) is 0 Å². The van der Waals surface area contributed by atoms with Crippen molar-refractivity contribution in [1.82, 2.24) is 0 Å². The van der Waals surface area contributed by atoms with E-state index in [1.54, 1.807) is 24.3 Å². The molecule has 6 nitrogen and oxygen atoms in total. The van der Waals surface area contributed by atoms with Gasteiger partial charge in [0.2, 0.25) is 0 Å². The second kappa shape index (κ2) is 9.48. The molecule has 0 saturated heterocycles. The maximum atomic E-state index is 14.0. The Balaban J connectivity index is 1.82. The molecule has 2 unspecified atom stereocenters. The van der Waals surface area contributed by atoms with Crippen molar-refractivity contribution in [2.75, 3.05) is 14.2 Å². The van der Waals surface area contributed by atoms with Crippen LogP contribution in [0.25, 0.3) is 11.8 Å². The van der Waals surface area contributed by atoms with Crippen LogP contribution >= 0.6 is 0 Å². The molecule has 0 aliphatic carbocycles. The SMILES string of the molecule is COC(=O)c1ccc2c(c1)S(=O)c1ccc(F)cc1C=C2OC(=O)C(OC)c1ccccc1. The summed E-state index contributed by atoms with van der Waals surface area (Å²) in [4.78, 5) is 25.6. The molecule has 0 radical (unpaired) electrons. The quantitative estimate of drug-likeness (QED) is 0.515. The van der Waals surface area contributed by atoms with Gasteiger partial charge in [-0.2, -0.15) is 0 Å². The summed E-state index contributed by atoms with van der Waals surface area (Å²) in [5.41, 5.74) is 1.39. The fraction of sp³-hybridized carbons (Fsp3) is 0.120. The number of fused-ring (bicyclic) bond motifs is 2. The second-order valence-corrected chi connectivity index (χ2v) is 8.53. The highest BCUT2D eigenvalue weighted by Gasteiger charge is 2.28. The van der Waals surface area contributed by atoms with Gasteiger partial charge in [0, 0.05) is 12.7 Å². The van der Waals surface area contributed by atoms with Crippen molar-refractivity contribution in [2.24, 2.45) is 0 Å². The zero-order valence-corrected chi connectivity index (χ0v) is 18.6. The first-order chi connectivity index (χ1) is 15.9. The fourth-order valence-corrected chi connectivity index (χ4v) is 4.87. The zero-order chi connectivity index (χ0) is 23.5. The van der Waals surface area contributed by atoms with Crippen LogP contribution in [-0.2, 0) is 29.8 Å². The van der Waals surface area contributed by atoms with Crippen molar-refractivity contribution in [2.45, 2.75) is 15.9 Å². The van der Waals surface area contributed by atoms with E-state index in [0.717, 1.165) is 0 Å². The molecule has 33 heavy (non-hydrogen) atoms. The summed E-state index contributed by atoms with van der Waals surface area (Å²) in [6.45, 7) is 0. The van der Waals surface area contributed by atoms with Crippen LogP contribution in [0.1, 0.15) is 33.2 Å². The molecule has 1 heterocycles. The van der Waals surface area contributed by atoms with Crippen LogP contribution in [0.3, 0.4) is 0 Å². The van der Waals surface area contributed by atoms with Crippen LogP contribution in [0, 0.1) is 5.82 Å². The third-order valence-electron chi connectivity index (χ3n) is 5.09. The lowest BCUT2D eigenvalue weighted by Gasteiger charge is -2.17. The summed E-state index contributed by atoms with van der Waals surface area (Å²) in [5.74, 6) is -1.79. The maximum Gasteiger partial charge on any atom is 0.345 e. The molecule has 0 saturated carbocycles. The van der Waals surface area contributed by atoms with Crippen LogP contribution in [0.4, 0.5) is 4.39 Å². The minimum atomic E-state index is -1.78. The van der Waals surface area contributed by atoms with E-state index in [2.05, 4.69) is 0 Å². The number of halogens is 1. The molecule has 0 aromatic heterocycles. The lowest BCUT2D eigenvalue weighted by atomic mass is 10.1.